The van der Waals surface area contributed by atoms with Gasteiger partial charge in [-0.25, -0.2) is 4.98 Å². The maximum absolute atomic E-state index is 10.7. The molecule has 2 aromatic heterocycles. The number of carboxylic acids is 1. The first-order chi connectivity index (χ1) is 8.09. The standard InChI is InChI=1S/C10H11N3O3S/c1-5(10(14)15)3-17-9-7-6(2)13-16-8(7)11-4-12-9/h4-5H,3H2,1-2H3,(H,14,15). The smallest absolute Gasteiger partial charge is 0.307 e. The lowest BCUT2D eigenvalue weighted by Gasteiger charge is -2.05. The van der Waals surface area contributed by atoms with E-state index in [0.29, 0.717) is 22.2 Å². The first-order valence-corrected chi connectivity index (χ1v) is 6.00. The fraction of sp³-hybridized carbons (Fsp3) is 0.400. The van der Waals surface area contributed by atoms with E-state index in [-0.39, 0.29) is 0 Å². The van der Waals surface area contributed by atoms with Crippen LogP contribution in [0.4, 0.5) is 0 Å². The van der Waals surface area contributed by atoms with Crippen LogP contribution < -0.4 is 0 Å². The van der Waals surface area contributed by atoms with Gasteiger partial charge in [0, 0.05) is 5.75 Å². The Hall–Kier alpha value is -1.63. The van der Waals surface area contributed by atoms with Crippen molar-refractivity contribution < 1.29 is 14.4 Å². The molecule has 0 aromatic carbocycles. The molecule has 6 nitrogen and oxygen atoms in total. The molecule has 90 valence electrons. The van der Waals surface area contributed by atoms with Crippen molar-refractivity contribution in [2.75, 3.05) is 5.75 Å². The summed E-state index contributed by atoms with van der Waals surface area (Å²) >= 11 is 1.37. The summed E-state index contributed by atoms with van der Waals surface area (Å²) in [5, 5.41) is 14.1. The number of thioether (sulfide) groups is 1. The van der Waals surface area contributed by atoms with Crippen LogP contribution in [0, 0.1) is 12.8 Å². The van der Waals surface area contributed by atoms with Crippen molar-refractivity contribution in [2.45, 2.75) is 18.9 Å². The van der Waals surface area contributed by atoms with E-state index in [4.69, 9.17) is 9.63 Å². The fourth-order valence-corrected chi connectivity index (χ4v) is 2.33. The summed E-state index contributed by atoms with van der Waals surface area (Å²) < 4.78 is 5.01. The highest BCUT2D eigenvalue weighted by atomic mass is 32.2. The number of aryl methyl sites for hydroxylation is 1. The predicted octanol–water partition coefficient (Wildman–Crippen LogP) is 1.74. The highest BCUT2D eigenvalue weighted by Gasteiger charge is 2.16. The van der Waals surface area contributed by atoms with E-state index < -0.39 is 11.9 Å². The largest absolute Gasteiger partial charge is 0.481 e. The number of rotatable bonds is 4. The number of carbonyl (C=O) groups is 1. The van der Waals surface area contributed by atoms with Crippen LogP contribution in [0.2, 0.25) is 0 Å². The quantitative estimate of drug-likeness (QED) is 0.655. The summed E-state index contributed by atoms with van der Waals surface area (Å²) in [4.78, 5) is 18.8. The fourth-order valence-electron chi connectivity index (χ4n) is 1.28. The molecule has 0 radical (unpaired) electrons. The van der Waals surface area contributed by atoms with E-state index in [1.165, 1.54) is 18.1 Å². The number of carboxylic acid groups (broad SMARTS) is 1. The molecule has 0 amide bonds. The van der Waals surface area contributed by atoms with E-state index in [9.17, 15) is 4.79 Å². The molecule has 7 heteroatoms. The molecule has 17 heavy (non-hydrogen) atoms. The van der Waals surface area contributed by atoms with Gasteiger partial charge in [0.2, 0.25) is 0 Å². The van der Waals surface area contributed by atoms with Gasteiger partial charge in [-0.05, 0) is 6.92 Å². The van der Waals surface area contributed by atoms with Gasteiger partial charge in [-0.15, -0.1) is 11.8 Å². The molecule has 0 aliphatic heterocycles. The predicted molar refractivity (Wildman–Crippen MR) is 61.9 cm³/mol. The Labute approximate surface area is 101 Å². The second-order valence-corrected chi connectivity index (χ2v) is 4.69. The monoisotopic (exact) mass is 253 g/mol. The van der Waals surface area contributed by atoms with E-state index in [2.05, 4.69) is 15.1 Å². The molecule has 0 aliphatic rings. The number of aliphatic carboxylic acids is 1. The Morgan fingerprint density at radius 1 is 1.59 bits per heavy atom. The number of hydrogen-bond donors (Lipinski definition) is 1. The minimum absolute atomic E-state index is 0.426. The molecule has 2 aromatic rings. The van der Waals surface area contributed by atoms with Gasteiger partial charge in [-0.3, -0.25) is 4.79 Å². The van der Waals surface area contributed by atoms with Gasteiger partial charge >= 0.3 is 5.97 Å². The Balaban J connectivity index is 2.24. The van der Waals surface area contributed by atoms with Crippen LogP contribution in [0.15, 0.2) is 15.9 Å². The number of aromatic nitrogens is 3. The summed E-state index contributed by atoms with van der Waals surface area (Å²) in [6, 6.07) is 0. The van der Waals surface area contributed by atoms with Gasteiger partial charge in [0.1, 0.15) is 11.4 Å². The van der Waals surface area contributed by atoms with Crippen LogP contribution in [-0.2, 0) is 4.79 Å². The van der Waals surface area contributed by atoms with Gasteiger partial charge in [0.05, 0.1) is 17.0 Å². The lowest BCUT2D eigenvalue weighted by Crippen LogP contribution is -2.11. The molecule has 0 fully saturated rings. The van der Waals surface area contributed by atoms with Crippen LogP contribution in [-0.4, -0.2) is 32.0 Å². The molecule has 1 unspecified atom stereocenters. The molecular weight excluding hydrogens is 242 g/mol. The number of fused-ring (bicyclic) bond motifs is 1. The van der Waals surface area contributed by atoms with Gasteiger partial charge in [0.15, 0.2) is 0 Å². The number of nitrogens with zero attached hydrogens (tertiary/aromatic N) is 3. The van der Waals surface area contributed by atoms with Gasteiger partial charge < -0.3 is 9.63 Å². The van der Waals surface area contributed by atoms with Crippen molar-refractivity contribution in [2.24, 2.45) is 5.92 Å². The molecule has 2 rings (SSSR count). The summed E-state index contributed by atoms with van der Waals surface area (Å²) in [6.07, 6.45) is 1.39. The maximum Gasteiger partial charge on any atom is 0.307 e. The molecule has 2 heterocycles. The van der Waals surface area contributed by atoms with Crippen LogP contribution in [0.5, 0.6) is 0 Å². The van der Waals surface area contributed by atoms with Crippen LogP contribution in [0.25, 0.3) is 11.1 Å². The average Bonchev–Trinajstić information content (AvgIpc) is 2.68. The second-order valence-electron chi connectivity index (χ2n) is 3.68. The van der Waals surface area contributed by atoms with Crippen LogP contribution in [0.1, 0.15) is 12.6 Å². The SMILES string of the molecule is Cc1noc2ncnc(SCC(C)C(=O)O)c12. The Kier molecular flexibility index (Phi) is 3.28. The lowest BCUT2D eigenvalue weighted by molar-refractivity contribution is -0.140. The number of hydrogen-bond acceptors (Lipinski definition) is 6. The zero-order valence-corrected chi connectivity index (χ0v) is 10.2. The van der Waals surface area contributed by atoms with Crippen molar-refractivity contribution in [3.8, 4) is 0 Å². The highest BCUT2D eigenvalue weighted by molar-refractivity contribution is 7.99. The molecule has 0 spiro atoms. The minimum atomic E-state index is -0.815. The first-order valence-electron chi connectivity index (χ1n) is 5.02. The van der Waals surface area contributed by atoms with E-state index in [1.807, 2.05) is 0 Å². The minimum Gasteiger partial charge on any atom is -0.481 e. The first kappa shape index (κ1) is 11.8. The van der Waals surface area contributed by atoms with Crippen molar-refractivity contribution in [1.29, 1.82) is 0 Å². The highest BCUT2D eigenvalue weighted by Crippen LogP contribution is 2.28. The molecular formula is C10H11N3O3S. The second kappa shape index (κ2) is 4.70. The van der Waals surface area contributed by atoms with E-state index in [0.717, 1.165) is 5.39 Å². The molecule has 1 N–H and O–H groups in total. The molecule has 0 bridgehead atoms. The summed E-state index contributed by atoms with van der Waals surface area (Å²) in [6.45, 7) is 3.47. The Bertz CT molecular complexity index is 555. The zero-order chi connectivity index (χ0) is 12.4. The summed E-state index contributed by atoms with van der Waals surface area (Å²) in [7, 11) is 0. The van der Waals surface area contributed by atoms with Crippen molar-refractivity contribution >= 4 is 28.8 Å². The topological polar surface area (TPSA) is 89.1 Å². The van der Waals surface area contributed by atoms with Gasteiger partial charge in [-0.1, -0.05) is 12.1 Å². The average molecular weight is 253 g/mol. The Morgan fingerprint density at radius 3 is 3.06 bits per heavy atom. The van der Waals surface area contributed by atoms with E-state index >= 15 is 0 Å². The van der Waals surface area contributed by atoms with Crippen molar-refractivity contribution in [3.63, 3.8) is 0 Å². The molecule has 0 aliphatic carbocycles. The zero-order valence-electron chi connectivity index (χ0n) is 9.38. The summed E-state index contributed by atoms with van der Waals surface area (Å²) in [5.74, 6) is -0.790. The molecule has 0 saturated heterocycles. The van der Waals surface area contributed by atoms with E-state index in [1.54, 1.807) is 13.8 Å². The molecule has 1 atom stereocenters. The van der Waals surface area contributed by atoms with Crippen molar-refractivity contribution in [3.05, 3.63) is 12.0 Å². The van der Waals surface area contributed by atoms with Crippen molar-refractivity contribution in [1.82, 2.24) is 15.1 Å². The third-order valence-corrected chi connectivity index (χ3v) is 3.55. The molecule has 0 saturated carbocycles. The lowest BCUT2D eigenvalue weighted by atomic mass is 10.2. The van der Waals surface area contributed by atoms with Gasteiger partial charge in [-0.2, -0.15) is 4.98 Å². The van der Waals surface area contributed by atoms with Crippen LogP contribution in [0.3, 0.4) is 0 Å². The summed E-state index contributed by atoms with van der Waals surface area (Å²) in [5.41, 5.74) is 1.15. The Morgan fingerprint density at radius 2 is 2.35 bits per heavy atom. The third kappa shape index (κ3) is 2.38. The normalized spacial score (nSPS) is 12.8. The van der Waals surface area contributed by atoms with Crippen LogP contribution >= 0.6 is 11.8 Å². The third-order valence-electron chi connectivity index (χ3n) is 2.30. The maximum atomic E-state index is 10.7. The van der Waals surface area contributed by atoms with Gasteiger partial charge in [0.25, 0.3) is 5.71 Å².